The molecule has 0 aromatic heterocycles. The molecule has 2 aromatic rings. The van der Waals surface area contributed by atoms with Gasteiger partial charge in [0.15, 0.2) is 0 Å². The number of amides is 2. The Hall–Kier alpha value is -1.89. The molecule has 1 atom stereocenters. The van der Waals surface area contributed by atoms with Crippen molar-refractivity contribution in [3.05, 3.63) is 63.6 Å². The fraction of sp³-hybridized carbons (Fsp3) is 0.391. The Balaban J connectivity index is 2.09. The molecule has 0 aliphatic carbocycles. The van der Waals surface area contributed by atoms with E-state index >= 15 is 0 Å². The van der Waals surface area contributed by atoms with Crippen molar-refractivity contribution in [1.29, 1.82) is 0 Å². The van der Waals surface area contributed by atoms with E-state index in [0.717, 1.165) is 23.3 Å². The van der Waals surface area contributed by atoms with Crippen molar-refractivity contribution in [2.75, 3.05) is 19.4 Å². The summed E-state index contributed by atoms with van der Waals surface area (Å²) in [5.74, 6) is 1.17. The first-order chi connectivity index (χ1) is 14.9. The summed E-state index contributed by atoms with van der Waals surface area (Å²) in [5, 5.41) is 4.03. The highest BCUT2D eigenvalue weighted by Gasteiger charge is 2.26. The number of ether oxygens (including phenoxy) is 1. The predicted octanol–water partition coefficient (Wildman–Crippen LogP) is 5.18. The largest absolute Gasteiger partial charge is 0.497 e. The summed E-state index contributed by atoms with van der Waals surface area (Å²) in [4.78, 5) is 27.2. The van der Waals surface area contributed by atoms with Crippen molar-refractivity contribution < 1.29 is 14.3 Å². The van der Waals surface area contributed by atoms with Gasteiger partial charge >= 0.3 is 0 Å². The van der Waals surface area contributed by atoms with Gasteiger partial charge in [0.2, 0.25) is 11.8 Å². The lowest BCUT2D eigenvalue weighted by atomic mass is 10.1. The second-order valence-corrected chi connectivity index (χ2v) is 8.83. The summed E-state index contributed by atoms with van der Waals surface area (Å²) in [6.45, 7) is 4.65. The second kappa shape index (κ2) is 12.8. The maximum absolute atomic E-state index is 13.1. The van der Waals surface area contributed by atoms with Gasteiger partial charge in [-0.25, -0.2) is 0 Å². The van der Waals surface area contributed by atoms with E-state index in [0.29, 0.717) is 28.9 Å². The first-order valence-electron chi connectivity index (χ1n) is 10.1. The minimum Gasteiger partial charge on any atom is -0.497 e. The topological polar surface area (TPSA) is 58.6 Å². The Morgan fingerprint density at radius 2 is 1.77 bits per heavy atom. The molecular weight excluding hydrogens is 455 g/mol. The number of rotatable bonds is 11. The number of thioether (sulfide) groups is 1. The summed E-state index contributed by atoms with van der Waals surface area (Å²) >= 11 is 13.9. The maximum Gasteiger partial charge on any atom is 0.242 e. The summed E-state index contributed by atoms with van der Waals surface area (Å²) in [7, 11) is 1.60. The SMILES string of the molecule is CCCNC(=O)C(C)N(Cc1ccc(OC)cc1)C(=O)CSCc1c(Cl)cccc1Cl. The lowest BCUT2D eigenvalue weighted by Crippen LogP contribution is -2.48. The molecule has 2 rings (SSSR count). The number of methoxy groups -OCH3 is 1. The van der Waals surface area contributed by atoms with E-state index in [9.17, 15) is 9.59 Å². The quantitative estimate of drug-likeness (QED) is 0.479. The Labute approximate surface area is 198 Å². The molecule has 0 bridgehead atoms. The van der Waals surface area contributed by atoms with Crippen LogP contribution in [-0.2, 0) is 21.9 Å². The monoisotopic (exact) mass is 482 g/mol. The van der Waals surface area contributed by atoms with Crippen LogP contribution in [0.2, 0.25) is 10.0 Å². The molecule has 0 aliphatic rings. The molecular formula is C23H28Cl2N2O3S. The Morgan fingerprint density at radius 1 is 1.13 bits per heavy atom. The zero-order valence-corrected chi connectivity index (χ0v) is 20.3. The Kier molecular flexibility index (Phi) is 10.5. The van der Waals surface area contributed by atoms with Crippen LogP contribution in [0.4, 0.5) is 0 Å². The zero-order chi connectivity index (χ0) is 22.8. The van der Waals surface area contributed by atoms with Crippen molar-refractivity contribution in [2.24, 2.45) is 0 Å². The zero-order valence-electron chi connectivity index (χ0n) is 18.0. The summed E-state index contributed by atoms with van der Waals surface area (Å²) in [6, 6.07) is 12.2. The third-order valence-corrected chi connectivity index (χ3v) is 6.41. The number of hydrogen-bond donors (Lipinski definition) is 1. The van der Waals surface area contributed by atoms with Gasteiger partial charge in [0.1, 0.15) is 11.8 Å². The van der Waals surface area contributed by atoms with Crippen molar-refractivity contribution in [3.63, 3.8) is 0 Å². The fourth-order valence-electron chi connectivity index (χ4n) is 2.90. The van der Waals surface area contributed by atoms with Gasteiger partial charge < -0.3 is 15.0 Å². The fourth-order valence-corrected chi connectivity index (χ4v) is 4.55. The summed E-state index contributed by atoms with van der Waals surface area (Å²) in [5.41, 5.74) is 1.72. The molecule has 2 amide bonds. The van der Waals surface area contributed by atoms with E-state index in [4.69, 9.17) is 27.9 Å². The average Bonchev–Trinajstić information content (AvgIpc) is 2.77. The van der Waals surface area contributed by atoms with Gasteiger partial charge in [-0.1, -0.05) is 48.3 Å². The average molecular weight is 483 g/mol. The van der Waals surface area contributed by atoms with Crippen molar-refractivity contribution >= 4 is 46.8 Å². The molecule has 8 heteroatoms. The lowest BCUT2D eigenvalue weighted by Gasteiger charge is -2.29. The number of nitrogens with one attached hydrogen (secondary N) is 1. The number of nitrogens with zero attached hydrogens (tertiary/aromatic N) is 1. The Morgan fingerprint density at radius 3 is 2.35 bits per heavy atom. The molecule has 1 unspecified atom stereocenters. The number of hydrogen-bond acceptors (Lipinski definition) is 4. The van der Waals surface area contributed by atoms with Gasteiger partial charge in [-0.15, -0.1) is 11.8 Å². The number of benzene rings is 2. The minimum absolute atomic E-state index is 0.122. The van der Waals surface area contributed by atoms with Gasteiger partial charge in [0, 0.05) is 28.9 Å². The molecule has 0 saturated heterocycles. The van der Waals surface area contributed by atoms with Crippen LogP contribution < -0.4 is 10.1 Å². The predicted molar refractivity (Wildman–Crippen MR) is 129 cm³/mol. The number of halogens is 2. The van der Waals surface area contributed by atoms with Crippen LogP contribution >= 0.6 is 35.0 Å². The normalized spacial score (nSPS) is 11.6. The van der Waals surface area contributed by atoms with Crippen LogP contribution in [-0.4, -0.2) is 42.2 Å². The summed E-state index contributed by atoms with van der Waals surface area (Å²) < 4.78 is 5.20. The highest BCUT2D eigenvalue weighted by atomic mass is 35.5. The van der Waals surface area contributed by atoms with E-state index in [1.54, 1.807) is 37.1 Å². The van der Waals surface area contributed by atoms with Crippen LogP contribution in [0.1, 0.15) is 31.4 Å². The van der Waals surface area contributed by atoms with Crippen LogP contribution in [0.5, 0.6) is 5.75 Å². The van der Waals surface area contributed by atoms with Crippen LogP contribution in [0.25, 0.3) is 0 Å². The first-order valence-corrected chi connectivity index (χ1v) is 12.0. The van der Waals surface area contributed by atoms with Gasteiger partial charge in [0.05, 0.1) is 12.9 Å². The molecule has 5 nitrogen and oxygen atoms in total. The smallest absolute Gasteiger partial charge is 0.242 e. The maximum atomic E-state index is 13.1. The molecule has 0 aliphatic heterocycles. The van der Waals surface area contributed by atoms with Crippen LogP contribution in [0.15, 0.2) is 42.5 Å². The standard InChI is InChI=1S/C23H28Cl2N2O3S/c1-4-12-26-23(29)16(2)27(13-17-8-10-18(30-3)11-9-17)22(28)15-31-14-19-20(24)6-5-7-21(19)25/h5-11,16H,4,12-15H2,1-3H3,(H,26,29). The van der Waals surface area contributed by atoms with Crippen molar-refractivity contribution in [1.82, 2.24) is 10.2 Å². The van der Waals surface area contributed by atoms with Crippen LogP contribution in [0.3, 0.4) is 0 Å². The van der Waals surface area contributed by atoms with Crippen LogP contribution in [0, 0.1) is 0 Å². The molecule has 168 valence electrons. The van der Waals surface area contributed by atoms with Gasteiger partial charge in [-0.3, -0.25) is 9.59 Å². The number of carbonyl (C=O) groups is 2. The van der Waals surface area contributed by atoms with E-state index in [1.807, 2.05) is 31.2 Å². The second-order valence-electron chi connectivity index (χ2n) is 7.03. The highest BCUT2D eigenvalue weighted by molar-refractivity contribution is 7.99. The summed E-state index contributed by atoms with van der Waals surface area (Å²) in [6.07, 6.45) is 0.833. The molecule has 0 saturated carbocycles. The highest BCUT2D eigenvalue weighted by Crippen LogP contribution is 2.28. The van der Waals surface area contributed by atoms with Crippen molar-refractivity contribution in [2.45, 2.75) is 38.6 Å². The van der Waals surface area contributed by atoms with E-state index < -0.39 is 6.04 Å². The molecule has 0 heterocycles. The molecule has 0 fully saturated rings. The lowest BCUT2D eigenvalue weighted by molar-refractivity contribution is -0.138. The third kappa shape index (κ3) is 7.63. The van der Waals surface area contributed by atoms with Gasteiger partial charge in [-0.05, 0) is 48.7 Å². The molecule has 0 spiro atoms. The Bertz CT molecular complexity index is 857. The molecule has 1 N–H and O–H groups in total. The van der Waals surface area contributed by atoms with E-state index in [2.05, 4.69) is 5.32 Å². The molecule has 31 heavy (non-hydrogen) atoms. The third-order valence-electron chi connectivity index (χ3n) is 4.76. The van der Waals surface area contributed by atoms with Gasteiger partial charge in [-0.2, -0.15) is 0 Å². The molecule has 0 radical (unpaired) electrons. The van der Waals surface area contributed by atoms with Gasteiger partial charge in [0.25, 0.3) is 0 Å². The van der Waals surface area contributed by atoms with Crippen molar-refractivity contribution in [3.8, 4) is 5.75 Å². The molecule has 2 aromatic carbocycles. The minimum atomic E-state index is -0.592. The van der Waals surface area contributed by atoms with E-state index in [1.165, 1.54) is 11.8 Å². The van der Waals surface area contributed by atoms with E-state index in [-0.39, 0.29) is 17.6 Å². The first kappa shape index (κ1) is 25.4. The number of carbonyl (C=O) groups excluding carboxylic acids is 2.